The molecule has 88 valence electrons. The lowest BCUT2D eigenvalue weighted by atomic mass is 10.0. The van der Waals surface area contributed by atoms with Crippen LogP contribution >= 0.6 is 11.6 Å². The number of aryl methyl sites for hydroxylation is 2. The van der Waals surface area contributed by atoms with Crippen LogP contribution in [0, 0.1) is 6.92 Å². The van der Waals surface area contributed by atoms with Crippen LogP contribution in [0.25, 0.3) is 0 Å². The molecule has 1 unspecified atom stereocenters. The molecule has 0 saturated heterocycles. The average Bonchev–Trinajstić information content (AvgIpc) is 2.53. The van der Waals surface area contributed by atoms with Gasteiger partial charge in [-0.25, -0.2) is 0 Å². The molecule has 1 aromatic rings. The van der Waals surface area contributed by atoms with Crippen molar-refractivity contribution in [3.63, 3.8) is 0 Å². The Bertz CT molecular complexity index is 395. The minimum Gasteiger partial charge on any atom is -0.306 e. The predicted octanol–water partition coefficient (Wildman–Crippen LogP) is 2.58. The first-order valence-electron chi connectivity index (χ1n) is 5.76. The summed E-state index contributed by atoms with van der Waals surface area (Å²) < 4.78 is 1.73. The van der Waals surface area contributed by atoms with Gasteiger partial charge in [0, 0.05) is 25.2 Å². The summed E-state index contributed by atoms with van der Waals surface area (Å²) in [6.45, 7) is 2.80. The van der Waals surface area contributed by atoms with Crippen molar-refractivity contribution in [2.24, 2.45) is 7.05 Å². The van der Waals surface area contributed by atoms with E-state index in [0.717, 1.165) is 23.0 Å². The van der Waals surface area contributed by atoms with Crippen molar-refractivity contribution in [3.8, 4) is 0 Å². The Morgan fingerprint density at radius 2 is 2.44 bits per heavy atom. The van der Waals surface area contributed by atoms with Crippen LogP contribution < -0.4 is 5.32 Å². The second kappa shape index (κ2) is 5.02. The molecule has 0 radical (unpaired) electrons. The Morgan fingerprint density at radius 3 is 3.00 bits per heavy atom. The molecule has 1 atom stereocenters. The Morgan fingerprint density at radius 1 is 1.62 bits per heavy atom. The first-order valence-corrected chi connectivity index (χ1v) is 6.14. The van der Waals surface area contributed by atoms with Crippen molar-refractivity contribution < 1.29 is 0 Å². The quantitative estimate of drug-likeness (QED) is 0.822. The highest BCUT2D eigenvalue weighted by molar-refractivity contribution is 6.30. The Hall–Kier alpha value is -0.800. The maximum absolute atomic E-state index is 6.17. The van der Waals surface area contributed by atoms with Crippen molar-refractivity contribution >= 4 is 11.6 Å². The Labute approximate surface area is 101 Å². The molecule has 0 saturated carbocycles. The predicted molar refractivity (Wildman–Crippen MR) is 66.6 cm³/mol. The molecule has 1 aromatic heterocycles. The third-order valence-electron chi connectivity index (χ3n) is 3.07. The Balaban J connectivity index is 1.98. The summed E-state index contributed by atoms with van der Waals surface area (Å²) in [6.07, 6.45) is 8.20. The van der Waals surface area contributed by atoms with E-state index in [1.54, 1.807) is 4.68 Å². The highest BCUT2D eigenvalue weighted by Crippen LogP contribution is 2.19. The Kier molecular flexibility index (Phi) is 3.66. The lowest BCUT2D eigenvalue weighted by Crippen LogP contribution is -2.28. The van der Waals surface area contributed by atoms with Gasteiger partial charge in [0.2, 0.25) is 0 Å². The number of halogens is 1. The topological polar surface area (TPSA) is 29.9 Å². The number of rotatable bonds is 3. The molecular formula is C12H18ClN3. The summed E-state index contributed by atoms with van der Waals surface area (Å²) in [5.41, 5.74) is 2.13. The van der Waals surface area contributed by atoms with Gasteiger partial charge in [-0.2, -0.15) is 5.10 Å². The van der Waals surface area contributed by atoms with Gasteiger partial charge in [0.1, 0.15) is 5.15 Å². The van der Waals surface area contributed by atoms with E-state index in [0.29, 0.717) is 6.04 Å². The van der Waals surface area contributed by atoms with E-state index in [1.807, 2.05) is 14.0 Å². The van der Waals surface area contributed by atoms with Crippen LogP contribution in [0.4, 0.5) is 0 Å². The molecule has 0 amide bonds. The summed E-state index contributed by atoms with van der Waals surface area (Å²) in [6, 6.07) is 0.490. The van der Waals surface area contributed by atoms with Gasteiger partial charge in [0.25, 0.3) is 0 Å². The monoisotopic (exact) mass is 239 g/mol. The summed E-state index contributed by atoms with van der Waals surface area (Å²) in [5, 5.41) is 8.55. The molecule has 16 heavy (non-hydrogen) atoms. The SMILES string of the molecule is Cc1nn(C)c(Cl)c1CNC1C=CCCC1. The molecule has 1 N–H and O–H groups in total. The molecular weight excluding hydrogens is 222 g/mol. The van der Waals surface area contributed by atoms with Gasteiger partial charge >= 0.3 is 0 Å². The number of allylic oxidation sites excluding steroid dienone is 1. The zero-order valence-electron chi connectivity index (χ0n) is 9.83. The van der Waals surface area contributed by atoms with Crippen LogP contribution in [0.1, 0.15) is 30.5 Å². The zero-order valence-corrected chi connectivity index (χ0v) is 10.6. The number of hydrogen-bond acceptors (Lipinski definition) is 2. The summed E-state index contributed by atoms with van der Waals surface area (Å²) in [5.74, 6) is 0. The smallest absolute Gasteiger partial charge is 0.131 e. The summed E-state index contributed by atoms with van der Waals surface area (Å²) >= 11 is 6.17. The lowest BCUT2D eigenvalue weighted by molar-refractivity contribution is 0.521. The van der Waals surface area contributed by atoms with Crippen molar-refractivity contribution in [2.75, 3.05) is 0 Å². The molecule has 0 fully saturated rings. The molecule has 0 aliphatic heterocycles. The van der Waals surface area contributed by atoms with Gasteiger partial charge in [0.05, 0.1) is 5.69 Å². The fourth-order valence-corrected chi connectivity index (χ4v) is 2.33. The second-order valence-corrected chi connectivity index (χ2v) is 4.68. The van der Waals surface area contributed by atoms with E-state index in [9.17, 15) is 0 Å². The summed E-state index contributed by atoms with van der Waals surface area (Å²) in [7, 11) is 1.87. The maximum atomic E-state index is 6.17. The largest absolute Gasteiger partial charge is 0.306 e. The number of nitrogens with one attached hydrogen (secondary N) is 1. The fourth-order valence-electron chi connectivity index (χ4n) is 2.09. The van der Waals surface area contributed by atoms with Gasteiger partial charge in [-0.05, 0) is 26.2 Å². The lowest BCUT2D eigenvalue weighted by Gasteiger charge is -2.17. The van der Waals surface area contributed by atoms with E-state index < -0.39 is 0 Å². The van der Waals surface area contributed by atoms with Crippen molar-refractivity contribution in [1.82, 2.24) is 15.1 Å². The van der Waals surface area contributed by atoms with Gasteiger partial charge in [-0.15, -0.1) is 0 Å². The first kappa shape index (κ1) is 11.7. The molecule has 4 heteroatoms. The molecule has 1 aliphatic rings. The number of aromatic nitrogens is 2. The number of nitrogens with zero attached hydrogens (tertiary/aromatic N) is 2. The third kappa shape index (κ3) is 2.47. The molecule has 1 aliphatic carbocycles. The molecule has 2 rings (SSSR count). The fraction of sp³-hybridized carbons (Fsp3) is 0.583. The zero-order chi connectivity index (χ0) is 11.5. The molecule has 1 heterocycles. The average molecular weight is 240 g/mol. The first-order chi connectivity index (χ1) is 7.68. The van der Waals surface area contributed by atoms with Crippen LogP contribution in [0.5, 0.6) is 0 Å². The molecule has 0 aromatic carbocycles. The van der Waals surface area contributed by atoms with Crippen molar-refractivity contribution in [1.29, 1.82) is 0 Å². The van der Waals surface area contributed by atoms with Crippen LogP contribution in [0.2, 0.25) is 5.15 Å². The van der Waals surface area contributed by atoms with Crippen LogP contribution in [0.15, 0.2) is 12.2 Å². The second-order valence-electron chi connectivity index (χ2n) is 4.32. The van der Waals surface area contributed by atoms with Crippen LogP contribution in [-0.2, 0) is 13.6 Å². The van der Waals surface area contributed by atoms with Crippen molar-refractivity contribution in [2.45, 2.75) is 38.8 Å². The van der Waals surface area contributed by atoms with Crippen LogP contribution in [-0.4, -0.2) is 15.8 Å². The normalized spacial score (nSPS) is 20.3. The molecule has 0 bridgehead atoms. The van der Waals surface area contributed by atoms with E-state index in [1.165, 1.54) is 19.3 Å². The van der Waals surface area contributed by atoms with E-state index in [4.69, 9.17) is 11.6 Å². The van der Waals surface area contributed by atoms with E-state index in [2.05, 4.69) is 22.6 Å². The van der Waals surface area contributed by atoms with Crippen molar-refractivity contribution in [3.05, 3.63) is 28.6 Å². The molecule has 3 nitrogen and oxygen atoms in total. The molecule has 0 spiro atoms. The number of hydrogen-bond donors (Lipinski definition) is 1. The minimum absolute atomic E-state index is 0.490. The van der Waals surface area contributed by atoms with E-state index >= 15 is 0 Å². The van der Waals surface area contributed by atoms with E-state index in [-0.39, 0.29) is 0 Å². The highest BCUT2D eigenvalue weighted by Gasteiger charge is 2.13. The summed E-state index contributed by atoms with van der Waals surface area (Å²) in [4.78, 5) is 0. The minimum atomic E-state index is 0.490. The van der Waals surface area contributed by atoms with Gasteiger partial charge < -0.3 is 5.32 Å². The van der Waals surface area contributed by atoms with Gasteiger partial charge in [0.15, 0.2) is 0 Å². The van der Waals surface area contributed by atoms with Gasteiger partial charge in [-0.1, -0.05) is 23.8 Å². The van der Waals surface area contributed by atoms with Crippen LogP contribution in [0.3, 0.4) is 0 Å². The third-order valence-corrected chi connectivity index (χ3v) is 3.54. The highest BCUT2D eigenvalue weighted by atomic mass is 35.5. The standard InChI is InChI=1S/C12H18ClN3/c1-9-11(12(13)16(2)15-9)8-14-10-6-4-3-5-7-10/h4,6,10,14H,3,5,7-8H2,1-2H3. The maximum Gasteiger partial charge on any atom is 0.131 e. The van der Waals surface area contributed by atoms with Gasteiger partial charge in [-0.3, -0.25) is 4.68 Å².